The Balaban J connectivity index is 1.70. The van der Waals surface area contributed by atoms with E-state index in [4.69, 9.17) is 9.47 Å². The molecule has 4 rings (SSSR count). The number of rotatable bonds is 6. The highest BCUT2D eigenvalue weighted by Gasteiger charge is 2.43. The third kappa shape index (κ3) is 5.90. The molecule has 1 aliphatic heterocycles. The quantitative estimate of drug-likeness (QED) is 0.380. The van der Waals surface area contributed by atoms with Gasteiger partial charge in [-0.05, 0) is 85.7 Å². The summed E-state index contributed by atoms with van der Waals surface area (Å²) in [6.07, 6.45) is -9.32. The summed E-state index contributed by atoms with van der Waals surface area (Å²) in [6, 6.07) is 5.37. The molecule has 2 aromatic carbocycles. The zero-order chi connectivity index (χ0) is 29.4. The van der Waals surface area contributed by atoms with Crippen molar-refractivity contribution in [3.8, 4) is 5.75 Å². The van der Waals surface area contributed by atoms with Crippen LogP contribution in [0.3, 0.4) is 0 Å². The van der Waals surface area contributed by atoms with Crippen molar-refractivity contribution >= 4 is 17.6 Å². The molecule has 1 aliphatic carbocycles. The van der Waals surface area contributed by atoms with Gasteiger partial charge in [-0.25, -0.2) is 4.79 Å². The van der Waals surface area contributed by atoms with Crippen molar-refractivity contribution in [3.05, 3.63) is 69.8 Å². The van der Waals surface area contributed by atoms with Crippen LogP contribution >= 0.6 is 0 Å². The molecule has 0 spiro atoms. The smallest absolute Gasteiger partial charge is 0.416 e. The van der Waals surface area contributed by atoms with Crippen LogP contribution in [-0.4, -0.2) is 43.6 Å². The molecule has 1 fully saturated rings. The number of carbonyl (C=O) groups excluding carboxylic acids is 2. The van der Waals surface area contributed by atoms with Crippen LogP contribution in [0.4, 0.5) is 31.1 Å². The maximum Gasteiger partial charge on any atom is 0.416 e. The molecule has 1 heterocycles. The maximum atomic E-state index is 13.4. The summed E-state index contributed by atoms with van der Waals surface area (Å²) in [5, 5.41) is 2.57. The summed E-state index contributed by atoms with van der Waals surface area (Å²) in [6.45, 7) is 1.59. The number of alkyl halides is 6. The molecular formula is C28H28F6N2O4. The predicted molar refractivity (Wildman–Crippen MR) is 134 cm³/mol. The summed E-state index contributed by atoms with van der Waals surface area (Å²) in [5.41, 5.74) is -0.515. The highest BCUT2D eigenvalue weighted by atomic mass is 19.4. The maximum absolute atomic E-state index is 13.4. The molecule has 0 aromatic heterocycles. The van der Waals surface area contributed by atoms with Gasteiger partial charge in [0.25, 0.3) is 5.91 Å². The van der Waals surface area contributed by atoms with Gasteiger partial charge in [0.15, 0.2) is 0 Å². The van der Waals surface area contributed by atoms with Crippen molar-refractivity contribution in [1.82, 2.24) is 10.2 Å². The summed E-state index contributed by atoms with van der Waals surface area (Å²) in [7, 11) is 3.01. The van der Waals surface area contributed by atoms with Crippen molar-refractivity contribution in [2.45, 2.75) is 57.1 Å². The number of nitrogens with zero attached hydrogens (tertiary/aromatic N) is 1. The molecule has 40 heavy (non-hydrogen) atoms. The first-order valence-corrected chi connectivity index (χ1v) is 12.6. The predicted octanol–water partition coefficient (Wildman–Crippen LogP) is 7.00. The number of amides is 2. The fourth-order valence-electron chi connectivity index (χ4n) is 5.21. The second-order valence-electron chi connectivity index (χ2n) is 9.80. The topological polar surface area (TPSA) is 67.9 Å². The standard InChI is InChI=1S/C28H28F6N2O4/c1-15-24(18-10-19(27(29,30)31)13-20(11-18)28(32,33)34)40-26(38)36(15)14-17-6-4-5-7-21(17)22-12-16(25(37)35-2)8-9-23(22)39-3/h8-13,15,24H,4-7,14H2,1-3H3,(H,35,37). The molecule has 2 atom stereocenters. The van der Waals surface area contributed by atoms with Gasteiger partial charge in [0.1, 0.15) is 11.9 Å². The van der Waals surface area contributed by atoms with E-state index in [1.807, 2.05) is 0 Å². The first kappa shape index (κ1) is 29.3. The lowest BCUT2D eigenvalue weighted by molar-refractivity contribution is -0.143. The number of ether oxygens (including phenoxy) is 2. The van der Waals surface area contributed by atoms with Gasteiger partial charge < -0.3 is 14.8 Å². The molecule has 0 radical (unpaired) electrons. The Morgan fingerprint density at radius 2 is 1.65 bits per heavy atom. The molecule has 2 amide bonds. The normalized spacial score (nSPS) is 20.0. The molecule has 0 bridgehead atoms. The summed E-state index contributed by atoms with van der Waals surface area (Å²) in [5.74, 6) is 0.237. The molecule has 216 valence electrons. The Morgan fingerprint density at radius 1 is 1.02 bits per heavy atom. The van der Waals surface area contributed by atoms with Gasteiger partial charge >= 0.3 is 18.4 Å². The van der Waals surface area contributed by atoms with Gasteiger partial charge in [0.05, 0.1) is 24.3 Å². The van der Waals surface area contributed by atoms with Crippen molar-refractivity contribution in [3.63, 3.8) is 0 Å². The fraction of sp³-hybridized carbons (Fsp3) is 0.429. The highest BCUT2D eigenvalue weighted by Crippen LogP contribution is 2.43. The van der Waals surface area contributed by atoms with Gasteiger partial charge in [-0.2, -0.15) is 26.3 Å². The van der Waals surface area contributed by atoms with E-state index in [1.54, 1.807) is 18.2 Å². The third-order valence-corrected chi connectivity index (χ3v) is 7.29. The Bertz CT molecular complexity index is 1300. The molecule has 0 saturated carbocycles. The molecule has 2 aromatic rings. The van der Waals surface area contributed by atoms with E-state index in [0.29, 0.717) is 41.9 Å². The molecule has 1 N–H and O–H groups in total. The second kappa shape index (κ2) is 11.1. The van der Waals surface area contributed by atoms with Crippen LogP contribution in [0.5, 0.6) is 5.75 Å². The van der Waals surface area contributed by atoms with Gasteiger partial charge in [0.2, 0.25) is 0 Å². The number of carbonyl (C=O) groups is 2. The number of cyclic esters (lactones) is 1. The van der Waals surface area contributed by atoms with E-state index in [-0.39, 0.29) is 24.1 Å². The summed E-state index contributed by atoms with van der Waals surface area (Å²) >= 11 is 0. The number of nitrogens with one attached hydrogen (secondary N) is 1. The average molecular weight is 571 g/mol. The fourth-order valence-corrected chi connectivity index (χ4v) is 5.21. The van der Waals surface area contributed by atoms with E-state index in [0.717, 1.165) is 24.0 Å². The minimum Gasteiger partial charge on any atom is -0.496 e. The SMILES string of the molecule is CNC(=O)c1ccc(OC)c(C2=C(CN3C(=O)OC(c4cc(C(F)(F)F)cc(C(F)(F)F)c4)C3C)CCCC2)c1. The number of hydrogen-bond donors (Lipinski definition) is 1. The van der Waals surface area contributed by atoms with Crippen LogP contribution in [0.1, 0.15) is 71.3 Å². The number of benzene rings is 2. The lowest BCUT2D eigenvalue weighted by Crippen LogP contribution is -2.34. The number of hydrogen-bond acceptors (Lipinski definition) is 4. The first-order valence-electron chi connectivity index (χ1n) is 12.6. The minimum atomic E-state index is -5.02. The zero-order valence-corrected chi connectivity index (χ0v) is 22.0. The van der Waals surface area contributed by atoms with Gasteiger partial charge in [-0.15, -0.1) is 0 Å². The Labute approximate surface area is 226 Å². The first-order chi connectivity index (χ1) is 18.7. The van der Waals surface area contributed by atoms with Crippen LogP contribution in [0.15, 0.2) is 42.0 Å². The molecule has 2 unspecified atom stereocenters. The number of halogens is 6. The molecule has 2 aliphatic rings. The Morgan fingerprint density at radius 3 is 2.23 bits per heavy atom. The van der Waals surface area contributed by atoms with Crippen molar-refractivity contribution in [2.75, 3.05) is 20.7 Å². The van der Waals surface area contributed by atoms with Crippen molar-refractivity contribution in [2.24, 2.45) is 0 Å². The van der Waals surface area contributed by atoms with Crippen LogP contribution in [0, 0.1) is 0 Å². The molecule has 1 saturated heterocycles. The molecule has 12 heteroatoms. The van der Waals surface area contributed by atoms with E-state index in [1.165, 1.54) is 26.0 Å². The van der Waals surface area contributed by atoms with Crippen LogP contribution in [-0.2, 0) is 17.1 Å². The van der Waals surface area contributed by atoms with Crippen molar-refractivity contribution in [1.29, 1.82) is 0 Å². The van der Waals surface area contributed by atoms with E-state index in [9.17, 15) is 35.9 Å². The van der Waals surface area contributed by atoms with Crippen molar-refractivity contribution < 1.29 is 45.4 Å². The summed E-state index contributed by atoms with van der Waals surface area (Å²) < 4.78 is 91.4. The van der Waals surface area contributed by atoms with E-state index < -0.39 is 41.7 Å². The zero-order valence-electron chi connectivity index (χ0n) is 22.0. The Kier molecular flexibility index (Phi) is 8.09. The monoisotopic (exact) mass is 570 g/mol. The van der Waals surface area contributed by atoms with Crippen LogP contribution in [0.2, 0.25) is 0 Å². The largest absolute Gasteiger partial charge is 0.496 e. The number of allylic oxidation sites excluding steroid dienone is 1. The Hall–Kier alpha value is -3.70. The lowest BCUT2D eigenvalue weighted by atomic mass is 9.85. The summed E-state index contributed by atoms with van der Waals surface area (Å²) in [4.78, 5) is 26.5. The van der Waals surface area contributed by atoms with E-state index >= 15 is 0 Å². The molecular weight excluding hydrogens is 542 g/mol. The van der Waals surface area contributed by atoms with Gasteiger partial charge in [-0.3, -0.25) is 9.69 Å². The molecule has 6 nitrogen and oxygen atoms in total. The van der Waals surface area contributed by atoms with Gasteiger partial charge in [0, 0.05) is 24.7 Å². The average Bonchev–Trinajstić information content (AvgIpc) is 3.19. The minimum absolute atomic E-state index is 0.0438. The van der Waals surface area contributed by atoms with Gasteiger partial charge in [-0.1, -0.05) is 0 Å². The third-order valence-electron chi connectivity index (χ3n) is 7.29. The van der Waals surface area contributed by atoms with Crippen LogP contribution in [0.25, 0.3) is 5.57 Å². The highest BCUT2D eigenvalue weighted by molar-refractivity contribution is 5.95. The second-order valence-corrected chi connectivity index (χ2v) is 9.80. The van der Waals surface area contributed by atoms with Crippen LogP contribution < -0.4 is 10.1 Å². The van der Waals surface area contributed by atoms with E-state index in [2.05, 4.69) is 5.32 Å². The lowest BCUT2D eigenvalue weighted by Gasteiger charge is -2.28. The number of methoxy groups -OCH3 is 1.